The minimum Gasteiger partial charge on any atom is -0.467 e. The van der Waals surface area contributed by atoms with Crippen LogP contribution in [0.3, 0.4) is 0 Å². The number of hydrogen-bond acceptors (Lipinski definition) is 5. The van der Waals surface area contributed by atoms with Gasteiger partial charge in [-0.3, -0.25) is 4.79 Å². The molecule has 2 heterocycles. The number of aromatic nitrogens is 2. The third-order valence-corrected chi connectivity index (χ3v) is 3.29. The molecule has 3 rings (SSSR count). The van der Waals surface area contributed by atoms with Crippen molar-refractivity contribution in [2.24, 2.45) is 0 Å². The van der Waals surface area contributed by atoms with Crippen LogP contribution in [0.2, 0.25) is 0 Å². The van der Waals surface area contributed by atoms with E-state index in [0.717, 1.165) is 5.56 Å². The molecule has 0 aliphatic carbocycles. The molecule has 1 aromatic carbocycles. The molecule has 0 fully saturated rings. The highest BCUT2D eigenvalue weighted by Crippen LogP contribution is 2.09. The van der Waals surface area contributed by atoms with E-state index in [0.29, 0.717) is 18.1 Å². The van der Waals surface area contributed by atoms with E-state index in [-0.39, 0.29) is 24.0 Å². The van der Waals surface area contributed by atoms with Crippen LogP contribution in [0.5, 0.6) is 0 Å². The number of carbonyl (C=O) groups excluding carboxylic acids is 1. The SMILES string of the molecule is O=C(NCc1ccco1)c1cc(NCc2ccc(F)cc2)ncn1. The standard InChI is InChI=1S/C17H15FN4O2/c18-13-5-3-12(4-6-13)9-19-16-8-15(21-11-22-16)17(23)20-10-14-2-1-7-24-14/h1-8,11H,9-10H2,(H,20,23)(H,19,21,22). The van der Waals surface area contributed by atoms with Gasteiger partial charge in [0.05, 0.1) is 12.8 Å². The number of anilines is 1. The summed E-state index contributed by atoms with van der Waals surface area (Å²) in [5.74, 6) is 0.569. The van der Waals surface area contributed by atoms with Gasteiger partial charge in [-0.05, 0) is 29.8 Å². The van der Waals surface area contributed by atoms with E-state index in [2.05, 4.69) is 20.6 Å². The Balaban J connectivity index is 1.58. The van der Waals surface area contributed by atoms with Crippen molar-refractivity contribution in [1.82, 2.24) is 15.3 Å². The van der Waals surface area contributed by atoms with Crippen molar-refractivity contribution in [3.8, 4) is 0 Å². The Kier molecular flexibility index (Phi) is 4.81. The fraction of sp³-hybridized carbons (Fsp3) is 0.118. The number of furan rings is 1. The zero-order valence-corrected chi connectivity index (χ0v) is 12.7. The maximum absolute atomic E-state index is 12.9. The molecule has 0 saturated heterocycles. The number of carbonyl (C=O) groups is 1. The quantitative estimate of drug-likeness (QED) is 0.728. The molecule has 2 N–H and O–H groups in total. The van der Waals surface area contributed by atoms with Gasteiger partial charge in [0.1, 0.15) is 29.4 Å². The van der Waals surface area contributed by atoms with Crippen molar-refractivity contribution in [2.75, 3.05) is 5.32 Å². The van der Waals surface area contributed by atoms with E-state index in [1.165, 1.54) is 18.5 Å². The number of amides is 1. The second-order valence-corrected chi connectivity index (χ2v) is 5.03. The van der Waals surface area contributed by atoms with Crippen LogP contribution in [0.15, 0.2) is 59.5 Å². The van der Waals surface area contributed by atoms with Gasteiger partial charge in [0.15, 0.2) is 0 Å². The molecule has 0 radical (unpaired) electrons. The third kappa shape index (κ3) is 4.16. The molecule has 7 heteroatoms. The van der Waals surface area contributed by atoms with Gasteiger partial charge in [0, 0.05) is 12.6 Å². The number of hydrogen-bond donors (Lipinski definition) is 2. The lowest BCUT2D eigenvalue weighted by Crippen LogP contribution is -2.23. The monoisotopic (exact) mass is 326 g/mol. The molecule has 0 atom stereocenters. The van der Waals surface area contributed by atoms with Crippen molar-refractivity contribution in [3.05, 3.63) is 77.9 Å². The highest BCUT2D eigenvalue weighted by Gasteiger charge is 2.09. The zero-order chi connectivity index (χ0) is 16.8. The molecule has 0 aliphatic heterocycles. The Hall–Kier alpha value is -3.22. The summed E-state index contributed by atoms with van der Waals surface area (Å²) in [6.45, 7) is 0.749. The lowest BCUT2D eigenvalue weighted by atomic mass is 10.2. The van der Waals surface area contributed by atoms with E-state index >= 15 is 0 Å². The topological polar surface area (TPSA) is 80.0 Å². The number of nitrogens with zero attached hydrogens (tertiary/aromatic N) is 2. The van der Waals surface area contributed by atoms with Crippen molar-refractivity contribution in [1.29, 1.82) is 0 Å². The van der Waals surface area contributed by atoms with E-state index in [1.807, 2.05) is 0 Å². The van der Waals surface area contributed by atoms with E-state index in [4.69, 9.17) is 4.42 Å². The smallest absolute Gasteiger partial charge is 0.270 e. The average Bonchev–Trinajstić information content (AvgIpc) is 3.13. The zero-order valence-electron chi connectivity index (χ0n) is 12.7. The Labute approximate surface area is 137 Å². The number of halogens is 1. The highest BCUT2D eigenvalue weighted by atomic mass is 19.1. The highest BCUT2D eigenvalue weighted by molar-refractivity contribution is 5.92. The molecule has 0 unspecified atom stereocenters. The van der Waals surface area contributed by atoms with Gasteiger partial charge < -0.3 is 15.1 Å². The van der Waals surface area contributed by atoms with E-state index < -0.39 is 0 Å². The maximum Gasteiger partial charge on any atom is 0.270 e. The fourth-order valence-electron chi connectivity index (χ4n) is 2.04. The Bertz CT molecular complexity index is 804. The predicted octanol–water partition coefficient (Wildman–Crippen LogP) is 2.75. The van der Waals surface area contributed by atoms with Gasteiger partial charge in [-0.2, -0.15) is 0 Å². The van der Waals surface area contributed by atoms with Gasteiger partial charge in [0.25, 0.3) is 5.91 Å². The molecule has 0 saturated carbocycles. The molecular weight excluding hydrogens is 311 g/mol. The van der Waals surface area contributed by atoms with E-state index in [1.54, 1.807) is 36.6 Å². The first kappa shape index (κ1) is 15.7. The molecule has 3 aromatic rings. The van der Waals surface area contributed by atoms with Crippen LogP contribution in [-0.2, 0) is 13.1 Å². The summed E-state index contributed by atoms with van der Waals surface area (Å²) in [7, 11) is 0. The summed E-state index contributed by atoms with van der Waals surface area (Å²) < 4.78 is 18.0. The Morgan fingerprint density at radius 1 is 1.12 bits per heavy atom. The van der Waals surface area contributed by atoms with Crippen LogP contribution in [0.4, 0.5) is 10.2 Å². The normalized spacial score (nSPS) is 10.4. The minimum absolute atomic E-state index is 0.248. The Morgan fingerprint density at radius 3 is 2.71 bits per heavy atom. The van der Waals surface area contributed by atoms with Gasteiger partial charge >= 0.3 is 0 Å². The van der Waals surface area contributed by atoms with Crippen LogP contribution in [-0.4, -0.2) is 15.9 Å². The molecule has 24 heavy (non-hydrogen) atoms. The van der Waals surface area contributed by atoms with Gasteiger partial charge in [-0.1, -0.05) is 12.1 Å². The van der Waals surface area contributed by atoms with Gasteiger partial charge in [0.2, 0.25) is 0 Å². The van der Waals surface area contributed by atoms with Crippen molar-refractivity contribution < 1.29 is 13.6 Å². The van der Waals surface area contributed by atoms with Crippen molar-refractivity contribution >= 4 is 11.7 Å². The molecule has 0 bridgehead atoms. The van der Waals surface area contributed by atoms with Crippen molar-refractivity contribution in [3.63, 3.8) is 0 Å². The maximum atomic E-state index is 12.9. The second-order valence-electron chi connectivity index (χ2n) is 5.03. The fourth-order valence-corrected chi connectivity index (χ4v) is 2.04. The second kappa shape index (κ2) is 7.36. The van der Waals surface area contributed by atoms with Crippen LogP contribution in [0, 0.1) is 5.82 Å². The largest absolute Gasteiger partial charge is 0.467 e. The Morgan fingerprint density at radius 2 is 1.96 bits per heavy atom. The molecule has 0 aliphatic rings. The summed E-state index contributed by atoms with van der Waals surface area (Å²) >= 11 is 0. The molecular formula is C17H15FN4O2. The first-order valence-corrected chi connectivity index (χ1v) is 7.31. The molecule has 122 valence electrons. The summed E-state index contributed by atoms with van der Waals surface area (Å²) in [5.41, 5.74) is 1.15. The molecule has 1 amide bonds. The van der Waals surface area contributed by atoms with Crippen LogP contribution >= 0.6 is 0 Å². The minimum atomic E-state index is -0.321. The molecule has 2 aromatic heterocycles. The first-order valence-electron chi connectivity index (χ1n) is 7.31. The summed E-state index contributed by atoms with van der Waals surface area (Å²) in [6, 6.07) is 11.2. The first-order chi connectivity index (χ1) is 11.7. The molecule has 0 spiro atoms. The number of nitrogens with one attached hydrogen (secondary N) is 2. The van der Waals surface area contributed by atoms with E-state index in [9.17, 15) is 9.18 Å². The number of rotatable bonds is 6. The van der Waals surface area contributed by atoms with Crippen LogP contribution < -0.4 is 10.6 Å². The molecule has 6 nitrogen and oxygen atoms in total. The van der Waals surface area contributed by atoms with Crippen LogP contribution in [0.1, 0.15) is 21.8 Å². The lowest BCUT2D eigenvalue weighted by molar-refractivity contribution is 0.0943. The van der Waals surface area contributed by atoms with Gasteiger partial charge in [-0.15, -0.1) is 0 Å². The summed E-state index contributed by atoms with van der Waals surface area (Å²) in [6.07, 6.45) is 2.86. The van der Waals surface area contributed by atoms with Crippen molar-refractivity contribution in [2.45, 2.75) is 13.1 Å². The predicted molar refractivity (Wildman–Crippen MR) is 85.6 cm³/mol. The summed E-state index contributed by atoms with van der Waals surface area (Å²) in [4.78, 5) is 20.1. The third-order valence-electron chi connectivity index (χ3n) is 3.29. The average molecular weight is 326 g/mol. The lowest BCUT2D eigenvalue weighted by Gasteiger charge is -2.07. The summed E-state index contributed by atoms with van der Waals surface area (Å²) in [5, 5.41) is 5.79. The van der Waals surface area contributed by atoms with Gasteiger partial charge in [-0.25, -0.2) is 14.4 Å². The van der Waals surface area contributed by atoms with Crippen LogP contribution in [0.25, 0.3) is 0 Å². The number of benzene rings is 1.